The molecule has 4 rings (SSSR count). The van der Waals surface area contributed by atoms with Crippen molar-refractivity contribution in [3.05, 3.63) is 47.9 Å². The first kappa shape index (κ1) is 23.9. The minimum absolute atomic E-state index is 0.138. The molecule has 0 unspecified atom stereocenters. The van der Waals surface area contributed by atoms with Gasteiger partial charge in [-0.25, -0.2) is 4.98 Å². The highest BCUT2D eigenvalue weighted by atomic mass is 16.7. The van der Waals surface area contributed by atoms with E-state index in [2.05, 4.69) is 34.0 Å². The molecule has 0 aromatic carbocycles. The van der Waals surface area contributed by atoms with E-state index in [0.717, 1.165) is 11.5 Å². The molecule has 34 heavy (non-hydrogen) atoms. The third-order valence-corrected chi connectivity index (χ3v) is 5.79. The monoisotopic (exact) mass is 468 g/mol. The van der Waals surface area contributed by atoms with Gasteiger partial charge in [0.2, 0.25) is 0 Å². The lowest BCUT2D eigenvalue weighted by Gasteiger charge is -2.36. The first-order valence-electron chi connectivity index (χ1n) is 11.6. The zero-order valence-electron chi connectivity index (χ0n) is 19.9. The minimum Gasteiger partial charge on any atom is -0.380 e. The lowest BCUT2D eigenvalue weighted by atomic mass is 10.2. The molecule has 2 amide bonds. The van der Waals surface area contributed by atoms with Crippen LogP contribution in [-0.2, 0) is 9.47 Å². The summed E-state index contributed by atoms with van der Waals surface area (Å²) in [5.74, 6) is 0.573. The van der Waals surface area contributed by atoms with Crippen LogP contribution in [0.15, 0.2) is 36.7 Å². The number of amides is 2. The summed E-state index contributed by atoms with van der Waals surface area (Å²) in [6.45, 7) is 8.12. The molecule has 4 heterocycles. The smallest absolute Gasteiger partial charge is 0.272 e. The van der Waals surface area contributed by atoms with Gasteiger partial charge in [-0.2, -0.15) is 0 Å². The van der Waals surface area contributed by atoms with Crippen molar-refractivity contribution in [1.82, 2.24) is 19.8 Å². The van der Waals surface area contributed by atoms with E-state index >= 15 is 0 Å². The summed E-state index contributed by atoms with van der Waals surface area (Å²) in [5, 5.41) is 3.43. The first-order chi connectivity index (χ1) is 16.4. The predicted octanol–water partition coefficient (Wildman–Crippen LogP) is 1.70. The standard InChI is InChI=1S/C24H32N6O4/c1-17(2)27-19-5-4-8-25-22(19)29-9-11-30(12-10-29)24(32)20-7-6-18(15-26-20)23(31)28(3)16-21-33-13-14-34-21/h4-8,15,17,21,27H,9-14,16H2,1-3H3. The summed E-state index contributed by atoms with van der Waals surface area (Å²) in [5.41, 5.74) is 1.74. The number of hydrogen-bond donors (Lipinski definition) is 1. The SMILES string of the molecule is CC(C)Nc1cccnc1N1CCN(C(=O)c2ccc(C(=O)N(C)CC3OCCO3)cn2)CC1. The molecule has 0 saturated carbocycles. The number of aromatic nitrogens is 2. The Morgan fingerprint density at radius 3 is 2.50 bits per heavy atom. The summed E-state index contributed by atoms with van der Waals surface area (Å²) < 4.78 is 10.8. The normalized spacial score (nSPS) is 16.7. The van der Waals surface area contributed by atoms with Gasteiger partial charge in [0.05, 0.1) is 31.0 Å². The number of carbonyl (C=O) groups excluding carboxylic acids is 2. The van der Waals surface area contributed by atoms with Crippen LogP contribution in [0.3, 0.4) is 0 Å². The molecule has 2 aromatic heterocycles. The van der Waals surface area contributed by atoms with Crippen molar-refractivity contribution in [3.63, 3.8) is 0 Å². The fourth-order valence-corrected chi connectivity index (χ4v) is 4.04. The van der Waals surface area contributed by atoms with E-state index in [1.165, 1.54) is 11.1 Å². The summed E-state index contributed by atoms with van der Waals surface area (Å²) in [6.07, 6.45) is 2.84. The third-order valence-electron chi connectivity index (χ3n) is 5.79. The van der Waals surface area contributed by atoms with Crippen LogP contribution < -0.4 is 10.2 Å². The van der Waals surface area contributed by atoms with Crippen molar-refractivity contribution in [2.24, 2.45) is 0 Å². The van der Waals surface area contributed by atoms with Crippen molar-refractivity contribution in [1.29, 1.82) is 0 Å². The number of piperazine rings is 1. The van der Waals surface area contributed by atoms with E-state index in [9.17, 15) is 9.59 Å². The van der Waals surface area contributed by atoms with Crippen LogP contribution in [0.1, 0.15) is 34.7 Å². The maximum absolute atomic E-state index is 13.0. The number of anilines is 2. The molecule has 2 aliphatic rings. The Morgan fingerprint density at radius 2 is 1.85 bits per heavy atom. The summed E-state index contributed by atoms with van der Waals surface area (Å²) >= 11 is 0. The molecular formula is C24H32N6O4. The Labute approximate surface area is 199 Å². The van der Waals surface area contributed by atoms with Crippen LogP contribution in [0.2, 0.25) is 0 Å². The number of pyridine rings is 2. The zero-order valence-corrected chi connectivity index (χ0v) is 19.9. The number of nitrogens with zero attached hydrogens (tertiary/aromatic N) is 5. The lowest BCUT2D eigenvalue weighted by molar-refractivity contribution is -0.0543. The first-order valence-corrected chi connectivity index (χ1v) is 11.6. The second-order valence-electron chi connectivity index (χ2n) is 8.74. The average molecular weight is 469 g/mol. The highest BCUT2D eigenvalue weighted by molar-refractivity contribution is 5.96. The van der Waals surface area contributed by atoms with Gasteiger partial charge in [-0.3, -0.25) is 14.6 Å². The minimum atomic E-state index is -0.398. The van der Waals surface area contributed by atoms with Crippen LogP contribution in [-0.4, -0.2) is 96.9 Å². The Bertz CT molecular complexity index is 985. The second-order valence-corrected chi connectivity index (χ2v) is 8.74. The largest absolute Gasteiger partial charge is 0.380 e. The fourth-order valence-electron chi connectivity index (χ4n) is 4.04. The molecule has 0 radical (unpaired) electrons. The topological polar surface area (TPSA) is 100 Å². The van der Waals surface area contributed by atoms with Crippen molar-refractivity contribution in [2.45, 2.75) is 26.2 Å². The van der Waals surface area contributed by atoms with Crippen molar-refractivity contribution in [3.8, 4) is 0 Å². The summed E-state index contributed by atoms with van der Waals surface area (Å²) in [4.78, 5) is 40.0. The molecular weight excluding hydrogens is 436 g/mol. The quantitative estimate of drug-likeness (QED) is 0.656. The second kappa shape index (κ2) is 10.8. The van der Waals surface area contributed by atoms with Crippen LogP contribution >= 0.6 is 0 Å². The van der Waals surface area contributed by atoms with E-state index in [0.29, 0.717) is 63.2 Å². The highest BCUT2D eigenvalue weighted by Gasteiger charge is 2.26. The Hall–Kier alpha value is -3.24. The van der Waals surface area contributed by atoms with Crippen LogP contribution in [0.4, 0.5) is 11.5 Å². The van der Waals surface area contributed by atoms with Crippen LogP contribution in [0.25, 0.3) is 0 Å². The van der Waals surface area contributed by atoms with Crippen molar-refractivity contribution >= 4 is 23.3 Å². The van der Waals surface area contributed by atoms with Crippen LogP contribution in [0.5, 0.6) is 0 Å². The highest BCUT2D eigenvalue weighted by Crippen LogP contribution is 2.24. The van der Waals surface area contributed by atoms with Gasteiger partial charge in [-0.1, -0.05) is 0 Å². The molecule has 2 aliphatic heterocycles. The molecule has 182 valence electrons. The summed E-state index contributed by atoms with van der Waals surface area (Å²) in [6, 6.07) is 7.50. The molecule has 10 nitrogen and oxygen atoms in total. The molecule has 2 aromatic rings. The molecule has 0 spiro atoms. The fraction of sp³-hybridized carbons (Fsp3) is 0.500. The van der Waals surface area contributed by atoms with E-state index in [-0.39, 0.29) is 11.8 Å². The van der Waals surface area contributed by atoms with E-state index in [1.807, 2.05) is 12.1 Å². The lowest BCUT2D eigenvalue weighted by Crippen LogP contribution is -2.49. The molecule has 2 saturated heterocycles. The van der Waals surface area contributed by atoms with Gasteiger partial charge in [0.25, 0.3) is 11.8 Å². The van der Waals surface area contributed by atoms with Gasteiger partial charge in [-0.15, -0.1) is 0 Å². The molecule has 0 aliphatic carbocycles. The van der Waals surface area contributed by atoms with E-state index in [4.69, 9.17) is 9.47 Å². The van der Waals surface area contributed by atoms with Gasteiger partial charge >= 0.3 is 0 Å². The van der Waals surface area contributed by atoms with Gasteiger partial charge in [0.1, 0.15) is 5.69 Å². The maximum atomic E-state index is 13.0. The van der Waals surface area contributed by atoms with Gasteiger partial charge < -0.3 is 29.5 Å². The molecule has 10 heteroatoms. The van der Waals surface area contributed by atoms with Gasteiger partial charge in [0, 0.05) is 51.7 Å². The number of carbonyl (C=O) groups is 2. The van der Waals surface area contributed by atoms with Crippen molar-refractivity contribution in [2.75, 3.05) is 63.2 Å². The third kappa shape index (κ3) is 5.63. The molecule has 1 N–H and O–H groups in total. The van der Waals surface area contributed by atoms with E-state index in [1.54, 1.807) is 30.3 Å². The number of rotatable bonds is 7. The Kier molecular flexibility index (Phi) is 7.59. The zero-order chi connectivity index (χ0) is 24.1. The number of likely N-dealkylation sites (N-methyl/N-ethyl adjacent to an activating group) is 1. The van der Waals surface area contributed by atoms with Gasteiger partial charge in [0.15, 0.2) is 12.1 Å². The van der Waals surface area contributed by atoms with E-state index < -0.39 is 6.29 Å². The average Bonchev–Trinajstić information content (AvgIpc) is 3.36. The number of nitrogens with one attached hydrogen (secondary N) is 1. The Morgan fingerprint density at radius 1 is 1.12 bits per heavy atom. The molecule has 2 fully saturated rings. The Balaban J connectivity index is 1.33. The van der Waals surface area contributed by atoms with Crippen molar-refractivity contribution < 1.29 is 19.1 Å². The van der Waals surface area contributed by atoms with Gasteiger partial charge in [-0.05, 0) is 38.1 Å². The maximum Gasteiger partial charge on any atom is 0.272 e. The summed E-state index contributed by atoms with van der Waals surface area (Å²) in [7, 11) is 1.69. The van der Waals surface area contributed by atoms with Crippen LogP contribution in [0, 0.1) is 0 Å². The predicted molar refractivity (Wildman–Crippen MR) is 128 cm³/mol. The molecule has 0 bridgehead atoms. The molecule has 0 atom stereocenters. The number of hydrogen-bond acceptors (Lipinski definition) is 8. The number of ether oxygens (including phenoxy) is 2.